The van der Waals surface area contributed by atoms with Gasteiger partial charge in [-0.2, -0.15) is 0 Å². The zero-order valence-electron chi connectivity index (χ0n) is 12.1. The second-order valence-corrected chi connectivity index (χ2v) is 6.22. The third kappa shape index (κ3) is 3.97. The SMILES string of the molecule is CCN(Cc1cccc(Cl)c1)C(=O)CC1(N)CCCC1. The minimum Gasteiger partial charge on any atom is -0.339 e. The minimum absolute atomic E-state index is 0.150. The average Bonchev–Trinajstić information content (AvgIpc) is 2.82. The van der Waals surface area contributed by atoms with Gasteiger partial charge in [0.1, 0.15) is 0 Å². The molecule has 1 fully saturated rings. The van der Waals surface area contributed by atoms with Crippen molar-refractivity contribution in [3.63, 3.8) is 0 Å². The molecule has 20 heavy (non-hydrogen) atoms. The van der Waals surface area contributed by atoms with E-state index in [0.29, 0.717) is 24.5 Å². The number of rotatable bonds is 5. The van der Waals surface area contributed by atoms with E-state index in [4.69, 9.17) is 17.3 Å². The molecule has 0 spiro atoms. The predicted molar refractivity (Wildman–Crippen MR) is 82.5 cm³/mol. The van der Waals surface area contributed by atoms with Gasteiger partial charge in [0, 0.05) is 30.1 Å². The standard InChI is InChI=1S/C16H23ClN2O/c1-2-19(12-13-6-5-7-14(17)10-13)15(20)11-16(18)8-3-4-9-16/h5-7,10H,2-4,8-9,11-12,18H2,1H3. The summed E-state index contributed by atoms with van der Waals surface area (Å²) in [5.41, 5.74) is 7.08. The van der Waals surface area contributed by atoms with Crippen molar-refractivity contribution in [2.75, 3.05) is 6.54 Å². The van der Waals surface area contributed by atoms with Gasteiger partial charge in [-0.1, -0.05) is 36.6 Å². The van der Waals surface area contributed by atoms with Gasteiger partial charge in [-0.15, -0.1) is 0 Å². The summed E-state index contributed by atoms with van der Waals surface area (Å²) in [4.78, 5) is 14.3. The predicted octanol–water partition coefficient (Wildman–Crippen LogP) is 3.35. The summed E-state index contributed by atoms with van der Waals surface area (Å²) in [6.07, 6.45) is 4.68. The molecule has 1 aromatic rings. The molecule has 0 heterocycles. The van der Waals surface area contributed by atoms with Crippen LogP contribution in [0.5, 0.6) is 0 Å². The normalized spacial score (nSPS) is 17.1. The minimum atomic E-state index is -0.279. The van der Waals surface area contributed by atoms with Crippen LogP contribution in [0.15, 0.2) is 24.3 Å². The van der Waals surface area contributed by atoms with Crippen molar-refractivity contribution in [1.29, 1.82) is 0 Å². The Morgan fingerprint density at radius 3 is 2.70 bits per heavy atom. The molecule has 0 saturated heterocycles. The highest BCUT2D eigenvalue weighted by Gasteiger charge is 2.33. The van der Waals surface area contributed by atoms with E-state index in [2.05, 4.69) is 0 Å². The van der Waals surface area contributed by atoms with E-state index < -0.39 is 0 Å². The fraction of sp³-hybridized carbons (Fsp3) is 0.562. The van der Waals surface area contributed by atoms with Gasteiger partial charge in [0.05, 0.1) is 0 Å². The Hall–Kier alpha value is -1.06. The van der Waals surface area contributed by atoms with Crippen LogP contribution in [0.2, 0.25) is 5.02 Å². The molecule has 110 valence electrons. The van der Waals surface area contributed by atoms with Crippen LogP contribution in [-0.2, 0) is 11.3 Å². The van der Waals surface area contributed by atoms with E-state index in [-0.39, 0.29) is 11.4 Å². The lowest BCUT2D eigenvalue weighted by Crippen LogP contribution is -2.43. The van der Waals surface area contributed by atoms with Crippen molar-refractivity contribution >= 4 is 17.5 Å². The first kappa shape index (κ1) is 15.3. The molecule has 2 N–H and O–H groups in total. The smallest absolute Gasteiger partial charge is 0.224 e. The first-order valence-electron chi connectivity index (χ1n) is 7.33. The van der Waals surface area contributed by atoms with Gasteiger partial charge in [0.2, 0.25) is 5.91 Å². The Bertz CT molecular complexity index is 469. The summed E-state index contributed by atoms with van der Waals surface area (Å²) < 4.78 is 0. The summed E-state index contributed by atoms with van der Waals surface area (Å²) in [6, 6.07) is 7.66. The zero-order chi connectivity index (χ0) is 14.6. The van der Waals surface area contributed by atoms with E-state index in [1.807, 2.05) is 36.1 Å². The van der Waals surface area contributed by atoms with Crippen LogP contribution in [0, 0.1) is 0 Å². The molecule has 0 radical (unpaired) electrons. The Morgan fingerprint density at radius 1 is 1.40 bits per heavy atom. The molecular formula is C16H23ClN2O. The van der Waals surface area contributed by atoms with E-state index in [1.165, 1.54) is 0 Å². The summed E-state index contributed by atoms with van der Waals surface area (Å²) in [5.74, 6) is 0.150. The van der Waals surface area contributed by atoms with Crippen molar-refractivity contribution in [3.8, 4) is 0 Å². The number of carbonyl (C=O) groups is 1. The van der Waals surface area contributed by atoms with Crippen molar-refractivity contribution < 1.29 is 4.79 Å². The van der Waals surface area contributed by atoms with Gasteiger partial charge in [-0.3, -0.25) is 4.79 Å². The number of hydrogen-bond donors (Lipinski definition) is 1. The van der Waals surface area contributed by atoms with E-state index in [9.17, 15) is 4.79 Å². The van der Waals surface area contributed by atoms with E-state index in [1.54, 1.807) is 0 Å². The molecule has 0 bridgehead atoms. The molecule has 0 aliphatic heterocycles. The zero-order valence-corrected chi connectivity index (χ0v) is 12.8. The molecule has 1 saturated carbocycles. The van der Waals surface area contributed by atoms with Crippen LogP contribution in [0.4, 0.5) is 0 Å². The first-order chi connectivity index (χ1) is 9.52. The molecule has 1 amide bonds. The van der Waals surface area contributed by atoms with Crippen LogP contribution < -0.4 is 5.73 Å². The number of amides is 1. The van der Waals surface area contributed by atoms with Gasteiger partial charge in [-0.25, -0.2) is 0 Å². The molecule has 0 aromatic heterocycles. The summed E-state index contributed by atoms with van der Waals surface area (Å²) >= 11 is 5.99. The summed E-state index contributed by atoms with van der Waals surface area (Å²) in [5, 5.41) is 0.706. The van der Waals surface area contributed by atoms with Crippen LogP contribution in [-0.4, -0.2) is 22.9 Å². The van der Waals surface area contributed by atoms with Crippen LogP contribution >= 0.6 is 11.6 Å². The van der Waals surface area contributed by atoms with Gasteiger partial charge in [0.15, 0.2) is 0 Å². The largest absolute Gasteiger partial charge is 0.339 e. The van der Waals surface area contributed by atoms with Gasteiger partial charge >= 0.3 is 0 Å². The summed E-state index contributed by atoms with van der Waals surface area (Å²) in [7, 11) is 0. The lowest BCUT2D eigenvalue weighted by molar-refractivity contribution is -0.132. The number of halogens is 1. The van der Waals surface area contributed by atoms with Crippen molar-refractivity contribution in [3.05, 3.63) is 34.9 Å². The number of nitrogens with two attached hydrogens (primary N) is 1. The number of nitrogens with zero attached hydrogens (tertiary/aromatic N) is 1. The molecule has 1 aromatic carbocycles. The lowest BCUT2D eigenvalue weighted by Gasteiger charge is -2.28. The molecule has 2 rings (SSSR count). The third-order valence-electron chi connectivity index (χ3n) is 4.10. The van der Waals surface area contributed by atoms with Crippen molar-refractivity contribution in [2.45, 2.75) is 51.1 Å². The number of benzene rings is 1. The fourth-order valence-electron chi connectivity index (χ4n) is 2.90. The number of carbonyl (C=O) groups excluding carboxylic acids is 1. The Labute approximate surface area is 126 Å². The maximum absolute atomic E-state index is 12.4. The van der Waals surface area contributed by atoms with Crippen LogP contribution in [0.1, 0.15) is 44.6 Å². The monoisotopic (exact) mass is 294 g/mol. The second-order valence-electron chi connectivity index (χ2n) is 5.78. The first-order valence-corrected chi connectivity index (χ1v) is 7.71. The highest BCUT2D eigenvalue weighted by molar-refractivity contribution is 6.30. The average molecular weight is 295 g/mol. The quantitative estimate of drug-likeness (QED) is 0.905. The second kappa shape index (κ2) is 6.59. The summed E-state index contributed by atoms with van der Waals surface area (Å²) in [6.45, 7) is 3.30. The van der Waals surface area contributed by atoms with Crippen molar-refractivity contribution in [1.82, 2.24) is 4.90 Å². The lowest BCUT2D eigenvalue weighted by atomic mass is 9.94. The molecule has 0 atom stereocenters. The Morgan fingerprint density at radius 2 is 2.10 bits per heavy atom. The highest BCUT2D eigenvalue weighted by Crippen LogP contribution is 2.30. The van der Waals surface area contributed by atoms with Crippen molar-refractivity contribution in [2.24, 2.45) is 5.73 Å². The van der Waals surface area contributed by atoms with Gasteiger partial charge < -0.3 is 10.6 Å². The van der Waals surface area contributed by atoms with E-state index >= 15 is 0 Å². The fourth-order valence-corrected chi connectivity index (χ4v) is 3.11. The molecule has 3 nitrogen and oxygen atoms in total. The topological polar surface area (TPSA) is 46.3 Å². The van der Waals surface area contributed by atoms with E-state index in [0.717, 1.165) is 31.2 Å². The van der Waals surface area contributed by atoms with Crippen LogP contribution in [0.3, 0.4) is 0 Å². The maximum Gasteiger partial charge on any atom is 0.224 e. The molecular weight excluding hydrogens is 272 g/mol. The molecule has 1 aliphatic carbocycles. The highest BCUT2D eigenvalue weighted by atomic mass is 35.5. The van der Waals surface area contributed by atoms with Gasteiger partial charge in [0.25, 0.3) is 0 Å². The van der Waals surface area contributed by atoms with Crippen LogP contribution in [0.25, 0.3) is 0 Å². The van der Waals surface area contributed by atoms with Gasteiger partial charge in [-0.05, 0) is 37.5 Å². The Balaban J connectivity index is 1.98. The Kier molecular flexibility index (Phi) is 5.06. The molecule has 4 heteroatoms. The third-order valence-corrected chi connectivity index (χ3v) is 4.33. The number of hydrogen-bond acceptors (Lipinski definition) is 2. The maximum atomic E-state index is 12.4. The molecule has 0 unspecified atom stereocenters. The molecule has 1 aliphatic rings.